The van der Waals surface area contributed by atoms with E-state index in [1.165, 1.54) is 0 Å². The molecule has 0 radical (unpaired) electrons. The van der Waals surface area contributed by atoms with Crippen molar-refractivity contribution in [2.24, 2.45) is 0 Å². The van der Waals surface area contributed by atoms with Gasteiger partial charge in [-0.1, -0.05) is 24.3 Å². The highest BCUT2D eigenvalue weighted by molar-refractivity contribution is 5.96. The van der Waals surface area contributed by atoms with Gasteiger partial charge in [0.1, 0.15) is 11.8 Å². The van der Waals surface area contributed by atoms with Crippen LogP contribution in [-0.4, -0.2) is 23.7 Å². The van der Waals surface area contributed by atoms with Gasteiger partial charge in [0, 0.05) is 12.0 Å². The Morgan fingerprint density at radius 2 is 2.00 bits per heavy atom. The highest BCUT2D eigenvalue weighted by Crippen LogP contribution is 2.23. The number of carboxylic acids is 1. The zero-order valence-corrected chi connectivity index (χ0v) is 11.9. The summed E-state index contributed by atoms with van der Waals surface area (Å²) < 4.78 is 9.97. The van der Waals surface area contributed by atoms with Gasteiger partial charge in [-0.3, -0.25) is 0 Å². The van der Waals surface area contributed by atoms with Gasteiger partial charge in [-0.15, -0.1) is 0 Å². The molecule has 0 saturated heterocycles. The van der Waals surface area contributed by atoms with Crippen molar-refractivity contribution in [1.29, 1.82) is 0 Å². The van der Waals surface area contributed by atoms with Gasteiger partial charge in [-0.25, -0.2) is 9.59 Å². The predicted molar refractivity (Wildman–Crippen MR) is 75.6 cm³/mol. The number of esters is 1. The average molecular weight is 288 g/mol. The molecule has 2 aromatic rings. The largest absolute Gasteiger partial charge is 0.475 e. The molecule has 0 fully saturated rings. The first-order valence-corrected chi connectivity index (χ1v) is 6.59. The van der Waals surface area contributed by atoms with Crippen LogP contribution in [0.2, 0.25) is 0 Å². The van der Waals surface area contributed by atoms with Crippen LogP contribution in [0.4, 0.5) is 0 Å². The van der Waals surface area contributed by atoms with Gasteiger partial charge in [-0.05, 0) is 25.0 Å². The number of ether oxygens (including phenoxy) is 1. The molecule has 0 amide bonds. The third-order valence-electron chi connectivity index (χ3n) is 3.21. The van der Waals surface area contributed by atoms with Crippen LogP contribution >= 0.6 is 0 Å². The number of benzene rings is 1. The molecule has 21 heavy (non-hydrogen) atoms. The van der Waals surface area contributed by atoms with Crippen LogP contribution in [0.1, 0.15) is 44.5 Å². The summed E-state index contributed by atoms with van der Waals surface area (Å²) >= 11 is 0. The predicted octanol–water partition coefficient (Wildman–Crippen LogP) is 3.05. The van der Waals surface area contributed by atoms with Gasteiger partial charge in [0.05, 0.1) is 6.61 Å². The number of carboxylic acid groups (broad SMARTS) is 1. The van der Waals surface area contributed by atoms with E-state index in [9.17, 15) is 14.7 Å². The summed E-state index contributed by atoms with van der Waals surface area (Å²) in [5, 5.41) is 9.19. The Bertz CT molecular complexity index is 669. The van der Waals surface area contributed by atoms with E-state index in [0.717, 1.165) is 17.4 Å². The van der Waals surface area contributed by atoms with E-state index in [-0.39, 0.29) is 17.9 Å². The lowest BCUT2D eigenvalue weighted by Gasteiger charge is -2.07. The van der Waals surface area contributed by atoms with Gasteiger partial charge in [0.25, 0.3) is 0 Å². The maximum absolute atomic E-state index is 11.9. The number of hydrogen-bond donors (Lipinski definition) is 1. The summed E-state index contributed by atoms with van der Waals surface area (Å²) in [6, 6.07) is 7.59. The molecule has 110 valence electrons. The Kier molecular flexibility index (Phi) is 4.42. The first kappa shape index (κ1) is 14.8. The normalized spacial score (nSPS) is 10.4. The fourth-order valence-electron chi connectivity index (χ4n) is 2.12. The van der Waals surface area contributed by atoms with Crippen molar-refractivity contribution in [2.45, 2.75) is 20.3 Å². The topological polar surface area (TPSA) is 76.7 Å². The lowest BCUT2D eigenvalue weighted by atomic mass is 9.98. The van der Waals surface area contributed by atoms with E-state index >= 15 is 0 Å². The average Bonchev–Trinajstić information content (AvgIpc) is 2.85. The maximum Gasteiger partial charge on any atom is 0.372 e. The van der Waals surface area contributed by atoms with Crippen molar-refractivity contribution >= 4 is 11.9 Å². The van der Waals surface area contributed by atoms with Crippen LogP contribution in [0, 0.1) is 6.92 Å². The van der Waals surface area contributed by atoms with E-state index in [2.05, 4.69) is 0 Å². The van der Waals surface area contributed by atoms with E-state index in [1.807, 2.05) is 31.2 Å². The molecule has 0 saturated carbocycles. The minimum Gasteiger partial charge on any atom is -0.475 e. The molecule has 0 aliphatic heterocycles. The summed E-state index contributed by atoms with van der Waals surface area (Å²) in [6.07, 6.45) is 1.45. The number of furan rings is 1. The third kappa shape index (κ3) is 3.13. The van der Waals surface area contributed by atoms with Crippen LogP contribution in [0.5, 0.6) is 0 Å². The summed E-state index contributed by atoms with van der Waals surface area (Å²) in [7, 11) is 0. The molecule has 0 atom stereocenters. The molecule has 1 aromatic heterocycles. The lowest BCUT2D eigenvalue weighted by molar-refractivity contribution is 0.0524. The van der Waals surface area contributed by atoms with E-state index in [0.29, 0.717) is 12.0 Å². The number of aryl methyl sites for hydroxylation is 1. The Balaban J connectivity index is 2.44. The number of hydrogen-bond acceptors (Lipinski definition) is 4. The van der Waals surface area contributed by atoms with Crippen molar-refractivity contribution in [3.05, 3.63) is 58.5 Å². The quantitative estimate of drug-likeness (QED) is 0.856. The molecule has 0 aliphatic rings. The summed E-state index contributed by atoms with van der Waals surface area (Å²) in [4.78, 5) is 23.1. The summed E-state index contributed by atoms with van der Waals surface area (Å²) in [5.74, 6) is -1.99. The second kappa shape index (κ2) is 6.26. The Morgan fingerprint density at radius 1 is 1.29 bits per heavy atom. The van der Waals surface area contributed by atoms with Crippen molar-refractivity contribution in [3.8, 4) is 0 Å². The van der Waals surface area contributed by atoms with Gasteiger partial charge < -0.3 is 14.3 Å². The van der Waals surface area contributed by atoms with Gasteiger partial charge >= 0.3 is 11.9 Å². The first-order valence-electron chi connectivity index (χ1n) is 6.59. The maximum atomic E-state index is 11.9. The molecule has 0 bridgehead atoms. The van der Waals surface area contributed by atoms with Crippen molar-refractivity contribution in [2.75, 3.05) is 6.61 Å². The fourth-order valence-corrected chi connectivity index (χ4v) is 2.12. The van der Waals surface area contributed by atoms with Crippen molar-refractivity contribution in [3.63, 3.8) is 0 Å². The molecule has 0 unspecified atom stereocenters. The Morgan fingerprint density at radius 3 is 2.62 bits per heavy atom. The lowest BCUT2D eigenvalue weighted by Crippen LogP contribution is -2.09. The molecule has 1 heterocycles. The van der Waals surface area contributed by atoms with Gasteiger partial charge in [0.2, 0.25) is 5.76 Å². The summed E-state index contributed by atoms with van der Waals surface area (Å²) in [5.41, 5.74) is 2.46. The molecular formula is C16H16O5. The van der Waals surface area contributed by atoms with Crippen LogP contribution in [0.25, 0.3) is 0 Å². The van der Waals surface area contributed by atoms with E-state index < -0.39 is 11.9 Å². The fraction of sp³-hybridized carbons (Fsp3) is 0.250. The second-order valence-electron chi connectivity index (χ2n) is 4.59. The SMILES string of the molecule is CCOC(=O)c1coc(C(=O)O)c1Cc1ccccc1C. The van der Waals surface area contributed by atoms with Gasteiger partial charge in [-0.2, -0.15) is 0 Å². The molecule has 0 spiro atoms. The number of carbonyl (C=O) groups is 2. The van der Waals surface area contributed by atoms with Crippen LogP contribution in [0.3, 0.4) is 0 Å². The first-order chi connectivity index (χ1) is 10.0. The molecule has 1 N–H and O–H groups in total. The van der Waals surface area contributed by atoms with Crippen molar-refractivity contribution in [1.82, 2.24) is 0 Å². The zero-order chi connectivity index (χ0) is 15.4. The monoisotopic (exact) mass is 288 g/mol. The third-order valence-corrected chi connectivity index (χ3v) is 3.21. The molecule has 2 rings (SSSR count). The molecule has 5 heteroatoms. The number of aromatic carboxylic acids is 1. The van der Waals surface area contributed by atoms with Crippen molar-refractivity contribution < 1.29 is 23.8 Å². The highest BCUT2D eigenvalue weighted by Gasteiger charge is 2.24. The minimum absolute atomic E-state index is 0.164. The standard InChI is InChI=1S/C16H16O5/c1-3-20-16(19)13-9-21-14(15(17)18)12(13)8-11-7-5-4-6-10(11)2/h4-7,9H,3,8H2,1-2H3,(H,17,18). The minimum atomic E-state index is -1.20. The number of rotatable bonds is 5. The zero-order valence-electron chi connectivity index (χ0n) is 11.9. The van der Waals surface area contributed by atoms with Gasteiger partial charge in [0.15, 0.2) is 0 Å². The molecular weight excluding hydrogens is 272 g/mol. The Labute approximate surface area is 122 Å². The molecule has 1 aromatic carbocycles. The summed E-state index contributed by atoms with van der Waals surface area (Å²) in [6.45, 7) is 3.84. The molecule has 0 aliphatic carbocycles. The van der Waals surface area contributed by atoms with E-state index in [1.54, 1.807) is 6.92 Å². The van der Waals surface area contributed by atoms with Crippen LogP contribution < -0.4 is 0 Å². The van der Waals surface area contributed by atoms with E-state index in [4.69, 9.17) is 9.15 Å². The van der Waals surface area contributed by atoms with Crippen LogP contribution in [-0.2, 0) is 11.2 Å². The Hall–Kier alpha value is -2.56. The molecule has 5 nitrogen and oxygen atoms in total. The second-order valence-corrected chi connectivity index (χ2v) is 4.59. The number of carbonyl (C=O) groups excluding carboxylic acids is 1. The highest BCUT2D eigenvalue weighted by atomic mass is 16.5. The smallest absolute Gasteiger partial charge is 0.372 e. The van der Waals surface area contributed by atoms with Crippen LogP contribution in [0.15, 0.2) is 34.9 Å².